The Hall–Kier alpha value is -0.610. The van der Waals surface area contributed by atoms with Gasteiger partial charge in [-0.3, -0.25) is 4.79 Å². The highest BCUT2D eigenvalue weighted by molar-refractivity contribution is 5.78. The molecule has 1 amide bonds. The zero-order chi connectivity index (χ0) is 9.97. The van der Waals surface area contributed by atoms with Gasteiger partial charge in [0.25, 0.3) is 0 Å². The topological polar surface area (TPSA) is 55.6 Å². The van der Waals surface area contributed by atoms with Crippen LogP contribution in [0.4, 0.5) is 0 Å². The molecule has 2 aliphatic rings. The smallest absolute Gasteiger partial charge is 0.236 e. The lowest BCUT2D eigenvalue weighted by Gasteiger charge is -2.29. The van der Waals surface area contributed by atoms with Gasteiger partial charge in [-0.1, -0.05) is 0 Å². The van der Waals surface area contributed by atoms with Crippen molar-refractivity contribution in [1.29, 1.82) is 0 Å². The number of ether oxygens (including phenoxy) is 1. The molecule has 0 aromatic rings. The third-order valence-electron chi connectivity index (χ3n) is 3.19. The molecule has 2 unspecified atom stereocenters. The summed E-state index contributed by atoms with van der Waals surface area (Å²) >= 11 is 0. The van der Waals surface area contributed by atoms with Gasteiger partial charge < -0.3 is 15.4 Å². The fourth-order valence-corrected chi connectivity index (χ4v) is 2.52. The van der Waals surface area contributed by atoms with Crippen LogP contribution in [0.1, 0.15) is 25.7 Å². The average Bonchev–Trinajstić information content (AvgIpc) is 2.57. The summed E-state index contributed by atoms with van der Waals surface area (Å²) in [5.74, 6) is 0.0763. The van der Waals surface area contributed by atoms with Crippen LogP contribution in [-0.4, -0.2) is 42.6 Å². The van der Waals surface area contributed by atoms with Crippen molar-refractivity contribution in [2.45, 2.75) is 37.8 Å². The van der Waals surface area contributed by atoms with Gasteiger partial charge in [-0.05, 0) is 25.7 Å². The molecule has 1 heterocycles. The molecular formula is C10H18N2O2. The number of carbonyl (C=O) groups is 1. The predicted molar refractivity (Wildman–Crippen MR) is 52.8 cm³/mol. The molecule has 1 aliphatic carbocycles. The van der Waals surface area contributed by atoms with Crippen molar-refractivity contribution in [1.82, 2.24) is 4.90 Å². The third-order valence-corrected chi connectivity index (χ3v) is 3.19. The van der Waals surface area contributed by atoms with E-state index in [2.05, 4.69) is 0 Å². The Morgan fingerprint density at radius 3 is 3.07 bits per heavy atom. The molecule has 2 atom stereocenters. The van der Waals surface area contributed by atoms with Gasteiger partial charge in [0, 0.05) is 13.2 Å². The summed E-state index contributed by atoms with van der Waals surface area (Å²) in [6.45, 7) is 1.73. The molecular weight excluding hydrogens is 180 g/mol. The van der Waals surface area contributed by atoms with E-state index in [4.69, 9.17) is 10.5 Å². The zero-order valence-corrected chi connectivity index (χ0v) is 8.45. The van der Waals surface area contributed by atoms with Gasteiger partial charge in [-0.15, -0.1) is 0 Å². The van der Waals surface area contributed by atoms with Crippen molar-refractivity contribution in [3.8, 4) is 0 Å². The van der Waals surface area contributed by atoms with Crippen molar-refractivity contribution in [3.63, 3.8) is 0 Å². The van der Waals surface area contributed by atoms with Crippen LogP contribution >= 0.6 is 0 Å². The van der Waals surface area contributed by atoms with Gasteiger partial charge in [0.2, 0.25) is 5.91 Å². The summed E-state index contributed by atoms with van der Waals surface area (Å²) in [6.07, 6.45) is 4.56. The second-order valence-electron chi connectivity index (χ2n) is 4.05. The van der Waals surface area contributed by atoms with Crippen molar-refractivity contribution in [2.75, 3.05) is 19.7 Å². The highest BCUT2D eigenvalue weighted by Gasteiger charge is 2.36. The molecule has 1 aliphatic heterocycles. The molecule has 0 bridgehead atoms. The monoisotopic (exact) mass is 198 g/mol. The number of hydrogen-bond acceptors (Lipinski definition) is 3. The first kappa shape index (κ1) is 9.93. The van der Waals surface area contributed by atoms with Crippen molar-refractivity contribution in [2.24, 2.45) is 5.73 Å². The van der Waals surface area contributed by atoms with E-state index in [0.29, 0.717) is 6.04 Å². The molecule has 14 heavy (non-hydrogen) atoms. The fourth-order valence-electron chi connectivity index (χ4n) is 2.52. The summed E-state index contributed by atoms with van der Waals surface area (Å²) in [5.41, 5.74) is 5.40. The van der Waals surface area contributed by atoms with Crippen molar-refractivity contribution in [3.05, 3.63) is 0 Å². The van der Waals surface area contributed by atoms with E-state index in [0.717, 1.165) is 32.4 Å². The van der Waals surface area contributed by atoms with Crippen LogP contribution in [0.25, 0.3) is 0 Å². The molecule has 0 aromatic carbocycles. The summed E-state index contributed by atoms with van der Waals surface area (Å²) in [5, 5.41) is 0. The number of rotatable bonds is 1. The lowest BCUT2D eigenvalue weighted by molar-refractivity contribution is -0.133. The Balaban J connectivity index is 2.08. The molecule has 0 radical (unpaired) electrons. The highest BCUT2D eigenvalue weighted by Crippen LogP contribution is 2.29. The van der Waals surface area contributed by atoms with Gasteiger partial charge in [0.05, 0.1) is 18.7 Å². The summed E-state index contributed by atoms with van der Waals surface area (Å²) < 4.78 is 5.72. The van der Waals surface area contributed by atoms with Crippen LogP contribution in [0.15, 0.2) is 0 Å². The normalized spacial score (nSPS) is 32.5. The minimum Gasteiger partial charge on any atom is -0.376 e. The molecule has 4 nitrogen and oxygen atoms in total. The Kier molecular flexibility index (Phi) is 3.03. The van der Waals surface area contributed by atoms with E-state index < -0.39 is 0 Å². The first-order valence-corrected chi connectivity index (χ1v) is 5.44. The summed E-state index contributed by atoms with van der Waals surface area (Å²) in [4.78, 5) is 13.5. The van der Waals surface area contributed by atoms with Crippen LogP contribution < -0.4 is 5.73 Å². The molecule has 1 saturated carbocycles. The molecule has 1 saturated heterocycles. The van der Waals surface area contributed by atoms with Gasteiger partial charge >= 0.3 is 0 Å². The maximum atomic E-state index is 11.6. The van der Waals surface area contributed by atoms with Gasteiger partial charge in [-0.25, -0.2) is 0 Å². The molecule has 2 N–H and O–H groups in total. The second kappa shape index (κ2) is 4.28. The second-order valence-corrected chi connectivity index (χ2v) is 4.05. The first-order valence-electron chi connectivity index (χ1n) is 5.44. The Morgan fingerprint density at radius 1 is 1.43 bits per heavy atom. The number of nitrogens with two attached hydrogens (primary N) is 1. The summed E-state index contributed by atoms with van der Waals surface area (Å²) in [6, 6.07) is 0.300. The van der Waals surface area contributed by atoms with Crippen LogP contribution in [0.2, 0.25) is 0 Å². The van der Waals surface area contributed by atoms with E-state index in [-0.39, 0.29) is 18.6 Å². The van der Waals surface area contributed by atoms with Crippen LogP contribution in [0, 0.1) is 0 Å². The summed E-state index contributed by atoms with van der Waals surface area (Å²) in [7, 11) is 0. The van der Waals surface area contributed by atoms with Crippen LogP contribution in [0.3, 0.4) is 0 Å². The minimum atomic E-state index is 0.0763. The van der Waals surface area contributed by atoms with E-state index in [1.807, 2.05) is 4.90 Å². The Labute approximate surface area is 84.4 Å². The lowest BCUT2D eigenvalue weighted by atomic mass is 10.1. The van der Waals surface area contributed by atoms with Gasteiger partial charge in [0.1, 0.15) is 0 Å². The third kappa shape index (κ3) is 1.77. The van der Waals surface area contributed by atoms with Crippen molar-refractivity contribution >= 4 is 5.91 Å². The number of carbonyl (C=O) groups excluding carboxylic acids is 1. The SMILES string of the molecule is NCC(=O)N1CCCOC2CCCC21. The lowest BCUT2D eigenvalue weighted by Crippen LogP contribution is -2.46. The number of hydrogen-bond donors (Lipinski definition) is 1. The van der Waals surface area contributed by atoms with Crippen LogP contribution in [-0.2, 0) is 9.53 Å². The number of fused-ring (bicyclic) bond motifs is 1. The van der Waals surface area contributed by atoms with E-state index in [9.17, 15) is 4.79 Å². The minimum absolute atomic E-state index is 0.0763. The molecule has 2 rings (SSSR count). The predicted octanol–water partition coefficient (Wildman–Crippen LogP) is 0.115. The quantitative estimate of drug-likeness (QED) is 0.651. The first-order chi connectivity index (χ1) is 6.83. The number of amides is 1. The Bertz CT molecular complexity index is 220. The Morgan fingerprint density at radius 2 is 2.29 bits per heavy atom. The van der Waals surface area contributed by atoms with Gasteiger partial charge in [0.15, 0.2) is 0 Å². The van der Waals surface area contributed by atoms with Crippen LogP contribution in [0.5, 0.6) is 0 Å². The molecule has 80 valence electrons. The molecule has 0 spiro atoms. The van der Waals surface area contributed by atoms with E-state index in [1.54, 1.807) is 0 Å². The van der Waals surface area contributed by atoms with Crippen molar-refractivity contribution < 1.29 is 9.53 Å². The van der Waals surface area contributed by atoms with E-state index in [1.165, 1.54) is 6.42 Å². The zero-order valence-electron chi connectivity index (χ0n) is 8.45. The van der Waals surface area contributed by atoms with Gasteiger partial charge in [-0.2, -0.15) is 0 Å². The fraction of sp³-hybridized carbons (Fsp3) is 0.900. The maximum Gasteiger partial charge on any atom is 0.236 e. The number of nitrogens with zero attached hydrogens (tertiary/aromatic N) is 1. The molecule has 0 aromatic heterocycles. The maximum absolute atomic E-state index is 11.6. The average molecular weight is 198 g/mol. The largest absolute Gasteiger partial charge is 0.376 e. The van der Waals surface area contributed by atoms with E-state index >= 15 is 0 Å². The molecule has 4 heteroatoms. The molecule has 2 fully saturated rings. The highest BCUT2D eigenvalue weighted by atomic mass is 16.5. The standard InChI is InChI=1S/C10H18N2O2/c11-7-10(13)12-5-2-6-14-9-4-1-3-8(9)12/h8-9H,1-7,11H2.